The molecule has 0 unspecified atom stereocenters. The highest BCUT2D eigenvalue weighted by Gasteiger charge is 2.05. The minimum Gasteiger partial charge on any atom is -0.329 e. The normalized spacial score (nSPS) is 11.5. The maximum absolute atomic E-state index is 5.56. The molecule has 0 spiro atoms. The first-order valence-electron chi connectivity index (χ1n) is 5.20. The van der Waals surface area contributed by atoms with Crippen molar-refractivity contribution >= 4 is 11.8 Å². The molecule has 0 saturated carbocycles. The van der Waals surface area contributed by atoms with Crippen LogP contribution in [-0.2, 0) is 0 Å². The summed E-state index contributed by atoms with van der Waals surface area (Å²) < 4.78 is 0. The fourth-order valence-corrected chi connectivity index (χ4v) is 2.01. The summed E-state index contributed by atoms with van der Waals surface area (Å²) >= 11 is 2.01. The molecule has 0 atom stereocenters. The smallest absolute Gasteiger partial charge is 0.0105 e. The fraction of sp³-hybridized carbons (Fsp3) is 1.00. The second kappa shape index (κ2) is 8.85. The predicted octanol–water partition coefficient (Wildman–Crippen LogP) is 1.66. The average Bonchev–Trinajstić information content (AvgIpc) is 2.04. The molecule has 80 valence electrons. The third-order valence-electron chi connectivity index (χ3n) is 1.82. The van der Waals surface area contributed by atoms with Gasteiger partial charge in [0.25, 0.3) is 0 Å². The van der Waals surface area contributed by atoms with Crippen LogP contribution in [0.2, 0.25) is 0 Å². The van der Waals surface area contributed by atoms with Gasteiger partial charge in [-0.15, -0.1) is 0 Å². The van der Waals surface area contributed by atoms with Gasteiger partial charge in [0.1, 0.15) is 0 Å². The summed E-state index contributed by atoms with van der Waals surface area (Å²) in [4.78, 5) is 2.47. The van der Waals surface area contributed by atoms with Gasteiger partial charge >= 0.3 is 0 Å². The molecule has 0 aromatic rings. The van der Waals surface area contributed by atoms with E-state index in [-0.39, 0.29) is 0 Å². The van der Waals surface area contributed by atoms with Gasteiger partial charge in [0.15, 0.2) is 0 Å². The van der Waals surface area contributed by atoms with E-state index in [9.17, 15) is 0 Å². The van der Waals surface area contributed by atoms with Crippen molar-refractivity contribution in [2.24, 2.45) is 11.7 Å². The molecule has 13 heavy (non-hydrogen) atoms. The van der Waals surface area contributed by atoms with Gasteiger partial charge in [-0.05, 0) is 11.7 Å². The molecule has 0 aromatic carbocycles. The zero-order chi connectivity index (χ0) is 10.1. The van der Waals surface area contributed by atoms with E-state index in [1.807, 2.05) is 11.8 Å². The van der Waals surface area contributed by atoms with E-state index >= 15 is 0 Å². The molecule has 0 aliphatic carbocycles. The van der Waals surface area contributed by atoms with Gasteiger partial charge in [-0.25, -0.2) is 0 Å². The molecule has 0 amide bonds. The Hall–Kier alpha value is 0.270. The van der Waals surface area contributed by atoms with Crippen molar-refractivity contribution in [1.29, 1.82) is 0 Å². The lowest BCUT2D eigenvalue weighted by atomic mass is 10.2. The van der Waals surface area contributed by atoms with Crippen LogP contribution in [0.5, 0.6) is 0 Å². The summed E-state index contributed by atoms with van der Waals surface area (Å²) in [5.41, 5.74) is 5.56. The molecule has 0 bridgehead atoms. The van der Waals surface area contributed by atoms with Crippen LogP contribution >= 0.6 is 11.8 Å². The highest BCUT2D eigenvalue weighted by molar-refractivity contribution is 7.99. The lowest BCUT2D eigenvalue weighted by molar-refractivity contribution is 0.265. The Morgan fingerprint density at radius 2 is 2.00 bits per heavy atom. The molecule has 0 fully saturated rings. The van der Waals surface area contributed by atoms with Crippen LogP contribution < -0.4 is 5.73 Å². The number of nitrogens with zero attached hydrogens (tertiary/aromatic N) is 1. The molecule has 3 heteroatoms. The Balaban J connectivity index is 3.53. The topological polar surface area (TPSA) is 29.3 Å². The second-order valence-corrected chi connectivity index (χ2v) is 5.07. The van der Waals surface area contributed by atoms with E-state index in [0.717, 1.165) is 19.0 Å². The lowest BCUT2D eigenvalue weighted by Gasteiger charge is -2.23. The van der Waals surface area contributed by atoms with Gasteiger partial charge in [-0.1, -0.05) is 20.8 Å². The monoisotopic (exact) mass is 204 g/mol. The van der Waals surface area contributed by atoms with Gasteiger partial charge in [0.2, 0.25) is 0 Å². The number of hydrogen-bond donors (Lipinski definition) is 1. The van der Waals surface area contributed by atoms with Crippen molar-refractivity contribution < 1.29 is 0 Å². The standard InChI is InChI=1S/C10H24N2S/c1-4-13-8-7-12(6-5-11)9-10(2)3/h10H,4-9,11H2,1-3H3. The van der Waals surface area contributed by atoms with Crippen LogP contribution in [0.15, 0.2) is 0 Å². The summed E-state index contributed by atoms with van der Waals surface area (Å²) in [6, 6.07) is 0. The van der Waals surface area contributed by atoms with Crippen molar-refractivity contribution in [2.75, 3.05) is 37.7 Å². The van der Waals surface area contributed by atoms with Crippen molar-refractivity contribution in [2.45, 2.75) is 20.8 Å². The molecule has 0 heterocycles. The van der Waals surface area contributed by atoms with Crippen LogP contribution in [-0.4, -0.2) is 42.6 Å². The summed E-state index contributed by atoms with van der Waals surface area (Å²) in [5, 5.41) is 0. The Morgan fingerprint density at radius 1 is 1.31 bits per heavy atom. The van der Waals surface area contributed by atoms with E-state index in [0.29, 0.717) is 0 Å². The number of thioether (sulfide) groups is 1. The summed E-state index contributed by atoms with van der Waals surface area (Å²) in [6.45, 7) is 10.9. The first kappa shape index (κ1) is 13.3. The third-order valence-corrected chi connectivity index (χ3v) is 2.70. The van der Waals surface area contributed by atoms with Crippen molar-refractivity contribution in [1.82, 2.24) is 4.90 Å². The minimum atomic E-state index is 0.748. The quantitative estimate of drug-likeness (QED) is 0.610. The first-order chi connectivity index (χ1) is 6.20. The van der Waals surface area contributed by atoms with Crippen LogP contribution in [0.3, 0.4) is 0 Å². The van der Waals surface area contributed by atoms with E-state index < -0.39 is 0 Å². The highest BCUT2D eigenvalue weighted by atomic mass is 32.2. The molecule has 0 aliphatic rings. The van der Waals surface area contributed by atoms with E-state index in [4.69, 9.17) is 5.73 Å². The van der Waals surface area contributed by atoms with Gasteiger partial charge < -0.3 is 10.6 Å². The Kier molecular flexibility index (Phi) is 9.03. The van der Waals surface area contributed by atoms with Gasteiger partial charge in [0, 0.05) is 31.9 Å². The van der Waals surface area contributed by atoms with Gasteiger partial charge in [-0.3, -0.25) is 0 Å². The lowest BCUT2D eigenvalue weighted by Crippen LogP contribution is -2.34. The molecule has 0 rings (SSSR count). The maximum atomic E-state index is 5.56. The Labute approximate surface area is 87.2 Å². The van der Waals surface area contributed by atoms with Crippen molar-refractivity contribution in [3.8, 4) is 0 Å². The van der Waals surface area contributed by atoms with E-state index in [2.05, 4.69) is 25.7 Å². The number of nitrogens with two attached hydrogens (primary N) is 1. The zero-order valence-electron chi connectivity index (χ0n) is 9.25. The zero-order valence-corrected chi connectivity index (χ0v) is 10.1. The Morgan fingerprint density at radius 3 is 2.46 bits per heavy atom. The van der Waals surface area contributed by atoms with Crippen molar-refractivity contribution in [3.05, 3.63) is 0 Å². The second-order valence-electron chi connectivity index (χ2n) is 3.68. The molecule has 0 aliphatic heterocycles. The summed E-state index contributed by atoms with van der Waals surface area (Å²) in [5.74, 6) is 3.21. The molecular formula is C10H24N2S. The number of rotatable bonds is 8. The van der Waals surface area contributed by atoms with E-state index in [1.165, 1.54) is 24.6 Å². The van der Waals surface area contributed by atoms with Crippen LogP contribution in [0.1, 0.15) is 20.8 Å². The van der Waals surface area contributed by atoms with Gasteiger partial charge in [0.05, 0.1) is 0 Å². The predicted molar refractivity (Wildman–Crippen MR) is 63.3 cm³/mol. The van der Waals surface area contributed by atoms with Crippen LogP contribution in [0, 0.1) is 5.92 Å². The molecule has 0 aromatic heterocycles. The molecular weight excluding hydrogens is 180 g/mol. The summed E-state index contributed by atoms with van der Waals surface area (Å²) in [6.07, 6.45) is 0. The largest absolute Gasteiger partial charge is 0.329 e. The van der Waals surface area contributed by atoms with E-state index in [1.54, 1.807) is 0 Å². The van der Waals surface area contributed by atoms with Crippen LogP contribution in [0.25, 0.3) is 0 Å². The summed E-state index contributed by atoms with van der Waals surface area (Å²) in [7, 11) is 0. The van der Waals surface area contributed by atoms with Crippen LogP contribution in [0.4, 0.5) is 0 Å². The number of hydrogen-bond acceptors (Lipinski definition) is 3. The molecule has 2 N–H and O–H groups in total. The average molecular weight is 204 g/mol. The van der Waals surface area contributed by atoms with Gasteiger partial charge in [-0.2, -0.15) is 11.8 Å². The highest BCUT2D eigenvalue weighted by Crippen LogP contribution is 2.02. The molecule has 2 nitrogen and oxygen atoms in total. The SMILES string of the molecule is CCSCCN(CCN)CC(C)C. The minimum absolute atomic E-state index is 0.748. The maximum Gasteiger partial charge on any atom is 0.0105 e. The molecule has 0 saturated heterocycles. The Bertz CT molecular complexity index is 107. The molecule has 0 radical (unpaired) electrons. The first-order valence-corrected chi connectivity index (χ1v) is 6.36. The van der Waals surface area contributed by atoms with Crippen molar-refractivity contribution in [3.63, 3.8) is 0 Å². The fourth-order valence-electron chi connectivity index (χ4n) is 1.33. The third kappa shape index (κ3) is 8.60.